The Morgan fingerprint density at radius 3 is 2.57 bits per heavy atom. The summed E-state index contributed by atoms with van der Waals surface area (Å²) in [7, 11) is 1.64. The molecule has 0 aliphatic carbocycles. The Morgan fingerprint density at radius 1 is 1.13 bits per heavy atom. The van der Waals surface area contributed by atoms with Crippen molar-refractivity contribution in [2.75, 3.05) is 30.9 Å². The van der Waals surface area contributed by atoms with Crippen LogP contribution in [0.15, 0.2) is 36.5 Å². The fourth-order valence-corrected chi connectivity index (χ4v) is 1.87. The Labute approximate surface area is 137 Å². The first-order valence-electron chi connectivity index (χ1n) is 7.81. The molecule has 0 amide bonds. The van der Waals surface area contributed by atoms with Gasteiger partial charge in [0.25, 0.3) is 0 Å². The number of ether oxygens (including phenoxy) is 2. The molecule has 1 atom stereocenters. The van der Waals surface area contributed by atoms with Crippen molar-refractivity contribution in [2.45, 2.75) is 26.3 Å². The summed E-state index contributed by atoms with van der Waals surface area (Å²) >= 11 is 0. The molecule has 0 fully saturated rings. The number of anilines is 2. The molecule has 2 aromatic rings. The largest absolute Gasteiger partial charge is 0.497 e. The molecule has 0 aliphatic heterocycles. The summed E-state index contributed by atoms with van der Waals surface area (Å²) in [6.07, 6.45) is 2.76. The van der Waals surface area contributed by atoms with Gasteiger partial charge in [-0.15, -0.1) is 0 Å². The summed E-state index contributed by atoms with van der Waals surface area (Å²) in [4.78, 5) is 8.64. The molecule has 0 bridgehead atoms. The van der Waals surface area contributed by atoms with Gasteiger partial charge in [-0.05, 0) is 43.7 Å². The van der Waals surface area contributed by atoms with Gasteiger partial charge < -0.3 is 20.1 Å². The number of hydrogen-bond acceptors (Lipinski definition) is 6. The SMILES string of the molecule is CCC(C)Nc1nccc(NCCOc2ccc(OC)cc2)n1. The Bertz CT molecular complexity index is 589. The van der Waals surface area contributed by atoms with Gasteiger partial charge >= 0.3 is 0 Å². The van der Waals surface area contributed by atoms with Gasteiger partial charge in [0.15, 0.2) is 0 Å². The van der Waals surface area contributed by atoms with Crippen molar-refractivity contribution in [1.29, 1.82) is 0 Å². The number of hydrogen-bond donors (Lipinski definition) is 2. The highest BCUT2D eigenvalue weighted by Gasteiger charge is 2.02. The van der Waals surface area contributed by atoms with Crippen LogP contribution >= 0.6 is 0 Å². The van der Waals surface area contributed by atoms with E-state index >= 15 is 0 Å². The maximum Gasteiger partial charge on any atom is 0.224 e. The number of nitrogens with zero attached hydrogens (tertiary/aromatic N) is 2. The van der Waals surface area contributed by atoms with E-state index in [0.717, 1.165) is 23.7 Å². The van der Waals surface area contributed by atoms with Crippen LogP contribution in [0.25, 0.3) is 0 Å². The van der Waals surface area contributed by atoms with Gasteiger partial charge in [-0.25, -0.2) is 4.98 Å². The topological polar surface area (TPSA) is 68.3 Å². The highest BCUT2D eigenvalue weighted by atomic mass is 16.5. The molecule has 0 aliphatic rings. The minimum absolute atomic E-state index is 0.351. The van der Waals surface area contributed by atoms with E-state index in [-0.39, 0.29) is 0 Å². The molecule has 0 spiro atoms. The van der Waals surface area contributed by atoms with Gasteiger partial charge in [0.1, 0.15) is 23.9 Å². The first-order chi connectivity index (χ1) is 11.2. The molecule has 1 aromatic carbocycles. The van der Waals surface area contributed by atoms with Crippen molar-refractivity contribution in [2.24, 2.45) is 0 Å². The Kier molecular flexibility index (Phi) is 6.47. The highest BCUT2D eigenvalue weighted by molar-refractivity contribution is 5.39. The summed E-state index contributed by atoms with van der Waals surface area (Å²) in [6.45, 7) is 5.43. The van der Waals surface area contributed by atoms with Crippen molar-refractivity contribution in [3.8, 4) is 11.5 Å². The summed E-state index contributed by atoms with van der Waals surface area (Å²) in [5.74, 6) is 3.05. The molecule has 6 heteroatoms. The normalized spacial score (nSPS) is 11.6. The second-order valence-corrected chi connectivity index (χ2v) is 5.17. The van der Waals surface area contributed by atoms with Crippen LogP contribution in [-0.2, 0) is 0 Å². The molecule has 1 unspecified atom stereocenters. The van der Waals surface area contributed by atoms with Crippen molar-refractivity contribution in [3.05, 3.63) is 36.5 Å². The number of rotatable bonds is 9. The van der Waals surface area contributed by atoms with Gasteiger partial charge in [0.2, 0.25) is 5.95 Å². The standard InChI is InChI=1S/C17H24N4O2/c1-4-13(2)20-17-19-10-9-16(21-17)18-11-12-23-15-7-5-14(22-3)6-8-15/h5-10,13H,4,11-12H2,1-3H3,(H2,18,19,20,21). The van der Waals surface area contributed by atoms with Crippen molar-refractivity contribution in [3.63, 3.8) is 0 Å². The Hall–Kier alpha value is -2.50. The number of methoxy groups -OCH3 is 1. The van der Waals surface area contributed by atoms with Crippen LogP contribution < -0.4 is 20.1 Å². The lowest BCUT2D eigenvalue weighted by Crippen LogP contribution is -2.17. The van der Waals surface area contributed by atoms with E-state index < -0.39 is 0 Å². The first-order valence-corrected chi connectivity index (χ1v) is 7.81. The maximum absolute atomic E-state index is 5.66. The third-order valence-corrected chi connectivity index (χ3v) is 3.38. The molecule has 1 heterocycles. The molecule has 1 aromatic heterocycles. The number of nitrogens with one attached hydrogen (secondary N) is 2. The molecule has 0 saturated carbocycles. The molecule has 0 radical (unpaired) electrons. The van der Waals surface area contributed by atoms with Crippen LogP contribution in [0.3, 0.4) is 0 Å². The van der Waals surface area contributed by atoms with Crippen LogP contribution in [0.1, 0.15) is 20.3 Å². The third-order valence-electron chi connectivity index (χ3n) is 3.38. The smallest absolute Gasteiger partial charge is 0.224 e. The minimum atomic E-state index is 0.351. The van der Waals surface area contributed by atoms with E-state index in [4.69, 9.17) is 9.47 Å². The zero-order valence-corrected chi connectivity index (χ0v) is 13.9. The minimum Gasteiger partial charge on any atom is -0.497 e. The van der Waals surface area contributed by atoms with Crippen LogP contribution in [-0.4, -0.2) is 36.3 Å². The molecule has 2 rings (SSSR count). The second-order valence-electron chi connectivity index (χ2n) is 5.17. The predicted octanol–water partition coefficient (Wildman–Crippen LogP) is 3.19. The maximum atomic E-state index is 5.66. The average molecular weight is 316 g/mol. The van der Waals surface area contributed by atoms with Crippen molar-refractivity contribution < 1.29 is 9.47 Å². The predicted molar refractivity (Wildman–Crippen MR) is 92.4 cm³/mol. The van der Waals surface area contributed by atoms with E-state index in [1.807, 2.05) is 30.3 Å². The zero-order chi connectivity index (χ0) is 16.5. The lowest BCUT2D eigenvalue weighted by Gasteiger charge is -2.12. The third kappa shape index (κ3) is 5.65. The summed E-state index contributed by atoms with van der Waals surface area (Å²) in [5.41, 5.74) is 0. The fraction of sp³-hybridized carbons (Fsp3) is 0.412. The van der Waals surface area contributed by atoms with Gasteiger partial charge in [0, 0.05) is 12.2 Å². The lowest BCUT2D eigenvalue weighted by molar-refractivity contribution is 0.331. The summed E-state index contributed by atoms with van der Waals surface area (Å²) in [6, 6.07) is 9.72. The van der Waals surface area contributed by atoms with Gasteiger partial charge in [-0.2, -0.15) is 4.98 Å². The second kappa shape index (κ2) is 8.82. The van der Waals surface area contributed by atoms with Crippen molar-refractivity contribution >= 4 is 11.8 Å². The van der Waals surface area contributed by atoms with Crippen LogP contribution in [0, 0.1) is 0 Å². The first kappa shape index (κ1) is 16.9. The van der Waals surface area contributed by atoms with E-state index in [0.29, 0.717) is 25.1 Å². The van der Waals surface area contributed by atoms with Crippen molar-refractivity contribution in [1.82, 2.24) is 9.97 Å². The fourth-order valence-electron chi connectivity index (χ4n) is 1.87. The van der Waals surface area contributed by atoms with Gasteiger partial charge in [-0.1, -0.05) is 6.92 Å². The van der Waals surface area contributed by atoms with E-state index in [1.54, 1.807) is 13.3 Å². The van der Waals surface area contributed by atoms with Gasteiger partial charge in [0.05, 0.1) is 13.7 Å². The average Bonchev–Trinajstić information content (AvgIpc) is 2.59. The van der Waals surface area contributed by atoms with E-state index in [2.05, 4.69) is 34.4 Å². The van der Waals surface area contributed by atoms with E-state index in [1.165, 1.54) is 0 Å². The Morgan fingerprint density at radius 2 is 1.87 bits per heavy atom. The number of aromatic nitrogens is 2. The molecular formula is C17H24N4O2. The monoisotopic (exact) mass is 316 g/mol. The zero-order valence-electron chi connectivity index (χ0n) is 13.9. The summed E-state index contributed by atoms with van der Waals surface area (Å²) in [5, 5.41) is 6.48. The van der Waals surface area contributed by atoms with Crippen LogP contribution in [0.2, 0.25) is 0 Å². The highest BCUT2D eigenvalue weighted by Crippen LogP contribution is 2.16. The molecule has 124 valence electrons. The van der Waals surface area contributed by atoms with E-state index in [9.17, 15) is 0 Å². The molecular weight excluding hydrogens is 292 g/mol. The van der Waals surface area contributed by atoms with Crippen LogP contribution in [0.4, 0.5) is 11.8 Å². The quantitative estimate of drug-likeness (QED) is 0.693. The Balaban J connectivity index is 1.76. The van der Waals surface area contributed by atoms with Gasteiger partial charge in [-0.3, -0.25) is 0 Å². The van der Waals surface area contributed by atoms with Crippen LogP contribution in [0.5, 0.6) is 11.5 Å². The summed E-state index contributed by atoms with van der Waals surface area (Å²) < 4.78 is 10.8. The lowest BCUT2D eigenvalue weighted by atomic mass is 10.3. The number of benzene rings is 1. The molecule has 6 nitrogen and oxygen atoms in total. The molecule has 0 saturated heterocycles. The molecule has 23 heavy (non-hydrogen) atoms. The molecule has 2 N–H and O–H groups in total.